The molecular formula is C30H25F4NO6P2S. The lowest BCUT2D eigenvalue weighted by Crippen LogP contribution is -2.33. The Morgan fingerprint density at radius 3 is 1.45 bits per heavy atom. The molecule has 230 valence electrons. The molecule has 0 amide bonds. The van der Waals surface area contributed by atoms with Crippen LogP contribution >= 0.6 is 26.5 Å². The molecule has 14 heteroatoms. The highest BCUT2D eigenvalue weighted by Gasteiger charge is 2.51. The Kier molecular flexibility index (Phi) is 8.50. The largest absolute Gasteiger partial charge is 0.399 e. The minimum absolute atomic E-state index is 0.166. The summed E-state index contributed by atoms with van der Waals surface area (Å²) >= 11 is 1.40. The normalized spacial score (nSPS) is 13.4. The van der Waals surface area contributed by atoms with Gasteiger partial charge in [0.15, 0.2) is 0 Å². The lowest BCUT2D eigenvalue weighted by Gasteiger charge is -2.33. The van der Waals surface area contributed by atoms with Gasteiger partial charge in [-0.15, -0.1) is 11.3 Å². The van der Waals surface area contributed by atoms with Crippen molar-refractivity contribution in [2.45, 2.75) is 29.6 Å². The Morgan fingerprint density at radius 2 is 1.02 bits per heavy atom. The van der Waals surface area contributed by atoms with E-state index in [1.165, 1.54) is 35.6 Å². The van der Waals surface area contributed by atoms with Crippen molar-refractivity contribution in [3.8, 4) is 0 Å². The first-order valence-corrected chi connectivity index (χ1v) is 17.1. The predicted octanol–water partition coefficient (Wildman–Crippen LogP) is 7.52. The molecule has 0 aliphatic rings. The van der Waals surface area contributed by atoms with Gasteiger partial charge in [-0.05, 0) is 41.7 Å². The van der Waals surface area contributed by atoms with Gasteiger partial charge in [-0.3, -0.25) is 9.13 Å². The van der Waals surface area contributed by atoms with E-state index in [2.05, 4.69) is 0 Å². The van der Waals surface area contributed by atoms with Crippen molar-refractivity contribution in [3.05, 3.63) is 136 Å². The first-order valence-electron chi connectivity index (χ1n) is 13.0. The lowest BCUT2D eigenvalue weighted by atomic mass is 9.71. The maximum absolute atomic E-state index is 14.4. The Bertz CT molecular complexity index is 1760. The summed E-state index contributed by atoms with van der Waals surface area (Å²) in [5.74, 6) is 0. The molecule has 0 unspecified atom stereocenters. The van der Waals surface area contributed by atoms with E-state index in [4.69, 9.17) is 24.6 Å². The van der Waals surface area contributed by atoms with Gasteiger partial charge < -0.3 is 19.6 Å². The summed E-state index contributed by atoms with van der Waals surface area (Å²) in [6, 6.07) is 25.8. The van der Waals surface area contributed by atoms with Gasteiger partial charge in [0.2, 0.25) is 0 Å². The fraction of sp³-hybridized carbons (Fsp3) is 0.167. The van der Waals surface area contributed by atoms with Crippen molar-refractivity contribution in [1.82, 2.24) is 4.98 Å². The monoisotopic (exact) mass is 665 g/mol. The van der Waals surface area contributed by atoms with Gasteiger partial charge in [-0.2, -0.15) is 17.6 Å². The number of hydrogen-bond acceptors (Lipinski definition) is 4. The molecule has 0 saturated carbocycles. The Labute approximate surface area is 253 Å². The first kappa shape index (κ1) is 32.2. The molecule has 0 fully saturated rings. The molecular weight excluding hydrogens is 640 g/mol. The summed E-state index contributed by atoms with van der Waals surface area (Å²) in [5, 5.41) is 0.638. The van der Waals surface area contributed by atoms with E-state index in [0.29, 0.717) is 21.7 Å². The van der Waals surface area contributed by atoms with Crippen molar-refractivity contribution in [1.29, 1.82) is 0 Å². The number of halogens is 4. The fourth-order valence-electron chi connectivity index (χ4n) is 5.05. The van der Waals surface area contributed by atoms with E-state index >= 15 is 0 Å². The summed E-state index contributed by atoms with van der Waals surface area (Å²) in [7, 11) is -11.6. The second-order valence-corrected chi connectivity index (χ2v) is 14.7. The van der Waals surface area contributed by atoms with Crippen LogP contribution in [0, 0.1) is 0 Å². The Balaban J connectivity index is 1.65. The zero-order valence-electron chi connectivity index (χ0n) is 22.6. The first-order chi connectivity index (χ1) is 20.5. The molecule has 0 saturated heterocycles. The molecule has 7 nitrogen and oxygen atoms in total. The highest BCUT2D eigenvalue weighted by atomic mass is 32.1. The number of hydrogen-bond donors (Lipinski definition) is 4. The van der Waals surface area contributed by atoms with Crippen molar-refractivity contribution in [3.63, 3.8) is 0 Å². The minimum Gasteiger partial charge on any atom is -0.320 e. The fourth-order valence-corrected chi connectivity index (χ4v) is 7.20. The third kappa shape index (κ3) is 6.04. The number of para-hydroxylation sites is 1. The number of fused-ring (bicyclic) bond motifs is 1. The average molecular weight is 666 g/mol. The second-order valence-electron chi connectivity index (χ2n) is 10.4. The van der Waals surface area contributed by atoms with Crippen molar-refractivity contribution >= 4 is 36.7 Å². The van der Waals surface area contributed by atoms with Crippen LogP contribution in [-0.2, 0) is 38.7 Å². The molecule has 0 aliphatic heterocycles. The zero-order chi connectivity index (χ0) is 32.0. The smallest absolute Gasteiger partial charge is 0.320 e. The molecule has 4 aromatic carbocycles. The number of rotatable bonds is 10. The summed E-state index contributed by atoms with van der Waals surface area (Å²) in [6.07, 6.45) is 0.331. The molecule has 4 N–H and O–H groups in total. The van der Waals surface area contributed by atoms with Gasteiger partial charge >= 0.3 is 26.5 Å². The zero-order valence-corrected chi connectivity index (χ0v) is 25.2. The third-order valence-corrected chi connectivity index (χ3v) is 10.6. The van der Waals surface area contributed by atoms with Crippen molar-refractivity contribution < 1.29 is 46.3 Å². The molecule has 0 bridgehead atoms. The second kappa shape index (κ2) is 11.6. The Morgan fingerprint density at radius 1 is 0.591 bits per heavy atom. The summed E-state index contributed by atoms with van der Waals surface area (Å²) in [4.78, 5) is 41.6. The molecule has 0 radical (unpaired) electrons. The molecule has 5 rings (SSSR count). The van der Waals surface area contributed by atoms with Crippen LogP contribution in [0.2, 0.25) is 0 Å². The van der Waals surface area contributed by atoms with Gasteiger partial charge in [0.1, 0.15) is 5.01 Å². The van der Waals surface area contributed by atoms with E-state index in [0.717, 1.165) is 34.5 Å². The Hall–Kier alpha value is -3.21. The quantitative estimate of drug-likeness (QED) is 0.0898. The van der Waals surface area contributed by atoms with Gasteiger partial charge in [-0.25, -0.2) is 4.98 Å². The number of nitrogens with zero attached hydrogens (tertiary/aromatic N) is 1. The van der Waals surface area contributed by atoms with E-state index in [9.17, 15) is 26.7 Å². The van der Waals surface area contributed by atoms with Crippen molar-refractivity contribution in [2.75, 3.05) is 0 Å². The molecule has 0 aliphatic carbocycles. The van der Waals surface area contributed by atoms with Crippen LogP contribution in [0.5, 0.6) is 0 Å². The van der Waals surface area contributed by atoms with Crippen LogP contribution < -0.4 is 0 Å². The standard InChI is InChI=1S/C30H25F4NO6P2S/c31-29(32,42(36,37)38)23-14-10-20(11-15-23)18-28(22-6-2-1-3-7-22,27-35-25-8-4-5-9-26(25)44-27)19-21-12-16-24(17-13-21)30(33,34)43(39,40)41/h1-17H,18-19H2,(H2,36,37,38)(H2,39,40,41). The van der Waals surface area contributed by atoms with E-state index in [1.54, 1.807) is 0 Å². The van der Waals surface area contributed by atoms with Gasteiger partial charge in [0.05, 0.1) is 15.6 Å². The SMILES string of the molecule is O=P(O)(O)C(F)(F)c1ccc(CC(Cc2ccc(C(F)(F)P(=O)(O)O)cc2)(c2ccccc2)c2nc3ccccc3s2)cc1. The summed E-state index contributed by atoms with van der Waals surface area (Å²) < 4.78 is 81.2. The average Bonchev–Trinajstić information content (AvgIpc) is 3.42. The van der Waals surface area contributed by atoms with E-state index < -0.39 is 43.1 Å². The predicted molar refractivity (Wildman–Crippen MR) is 159 cm³/mol. The molecule has 5 aromatic rings. The topological polar surface area (TPSA) is 128 Å². The molecule has 1 heterocycles. The maximum Gasteiger partial charge on any atom is 0.399 e. The lowest BCUT2D eigenvalue weighted by molar-refractivity contribution is 0.0564. The molecule has 44 heavy (non-hydrogen) atoms. The maximum atomic E-state index is 14.4. The van der Waals surface area contributed by atoms with Crippen LogP contribution in [0.4, 0.5) is 17.6 Å². The summed E-state index contributed by atoms with van der Waals surface area (Å²) in [5.41, 5.74) is -8.91. The molecule has 0 atom stereocenters. The highest BCUT2D eigenvalue weighted by molar-refractivity contribution is 7.52. The molecule has 1 aromatic heterocycles. The van der Waals surface area contributed by atoms with E-state index in [-0.39, 0.29) is 12.8 Å². The van der Waals surface area contributed by atoms with Gasteiger partial charge in [0, 0.05) is 11.1 Å². The van der Waals surface area contributed by atoms with Crippen LogP contribution in [-0.4, -0.2) is 24.6 Å². The number of benzene rings is 4. The number of alkyl halides is 4. The van der Waals surface area contributed by atoms with Gasteiger partial charge in [0.25, 0.3) is 0 Å². The van der Waals surface area contributed by atoms with Crippen LogP contribution in [0.25, 0.3) is 10.2 Å². The van der Waals surface area contributed by atoms with Crippen LogP contribution in [0.3, 0.4) is 0 Å². The van der Waals surface area contributed by atoms with Gasteiger partial charge in [-0.1, -0.05) is 91.0 Å². The molecule has 0 spiro atoms. The van der Waals surface area contributed by atoms with Crippen LogP contribution in [0.15, 0.2) is 103 Å². The summed E-state index contributed by atoms with van der Waals surface area (Å²) in [6.45, 7) is 0. The third-order valence-electron chi connectivity index (χ3n) is 7.38. The number of thiazole rings is 1. The minimum atomic E-state index is -5.78. The van der Waals surface area contributed by atoms with Crippen LogP contribution in [0.1, 0.15) is 32.8 Å². The van der Waals surface area contributed by atoms with Crippen molar-refractivity contribution in [2.24, 2.45) is 0 Å². The van der Waals surface area contributed by atoms with E-state index in [1.807, 2.05) is 54.6 Å². The highest BCUT2D eigenvalue weighted by Crippen LogP contribution is 2.60. The number of aromatic nitrogens is 1.